The summed E-state index contributed by atoms with van der Waals surface area (Å²) in [6.07, 6.45) is -0.626. The van der Waals surface area contributed by atoms with Crippen molar-refractivity contribution in [2.75, 3.05) is 20.1 Å². The van der Waals surface area contributed by atoms with E-state index < -0.39 is 26.2 Å². The SMILES string of the molecule is CNS(=O)(=O)c1ccc(S(=O)(=O)N2CC(O)C2)cc1. The van der Waals surface area contributed by atoms with Gasteiger partial charge in [0.15, 0.2) is 0 Å². The molecule has 0 aromatic heterocycles. The molecule has 0 bridgehead atoms. The molecule has 0 amide bonds. The second-order valence-electron chi connectivity index (χ2n) is 4.15. The summed E-state index contributed by atoms with van der Waals surface area (Å²) in [5.41, 5.74) is 0. The van der Waals surface area contributed by atoms with Gasteiger partial charge < -0.3 is 5.11 Å². The number of hydrogen-bond acceptors (Lipinski definition) is 5. The van der Waals surface area contributed by atoms with Gasteiger partial charge in [0.1, 0.15) is 0 Å². The molecule has 2 N–H and O–H groups in total. The molecule has 1 aliphatic heterocycles. The third-order valence-electron chi connectivity index (χ3n) is 2.87. The fourth-order valence-corrected chi connectivity index (χ4v) is 3.92. The smallest absolute Gasteiger partial charge is 0.243 e. The maximum Gasteiger partial charge on any atom is 0.243 e. The molecule has 1 fully saturated rings. The minimum atomic E-state index is -3.65. The van der Waals surface area contributed by atoms with Gasteiger partial charge in [-0.1, -0.05) is 0 Å². The molecule has 1 aromatic carbocycles. The zero-order chi connectivity index (χ0) is 14.3. The van der Waals surface area contributed by atoms with Gasteiger partial charge in [0.25, 0.3) is 0 Å². The highest BCUT2D eigenvalue weighted by molar-refractivity contribution is 7.89. The molecule has 0 unspecified atom stereocenters. The van der Waals surface area contributed by atoms with Crippen LogP contribution in [0.4, 0.5) is 0 Å². The largest absolute Gasteiger partial charge is 0.390 e. The first-order chi connectivity index (χ1) is 8.77. The lowest BCUT2D eigenvalue weighted by Crippen LogP contribution is -2.53. The molecule has 9 heteroatoms. The number of β-amino-alcohol motifs (C(OH)–C–C–N with tert-alkyl or cyclic N) is 1. The molecule has 0 atom stereocenters. The highest BCUT2D eigenvalue weighted by Crippen LogP contribution is 2.22. The van der Waals surface area contributed by atoms with E-state index in [4.69, 9.17) is 5.11 Å². The number of benzene rings is 1. The maximum absolute atomic E-state index is 12.0. The highest BCUT2D eigenvalue weighted by Gasteiger charge is 2.35. The molecule has 0 radical (unpaired) electrons. The van der Waals surface area contributed by atoms with Crippen LogP contribution in [0, 0.1) is 0 Å². The van der Waals surface area contributed by atoms with Crippen molar-refractivity contribution < 1.29 is 21.9 Å². The van der Waals surface area contributed by atoms with E-state index in [2.05, 4.69) is 4.72 Å². The van der Waals surface area contributed by atoms with Gasteiger partial charge in [-0.25, -0.2) is 21.6 Å². The van der Waals surface area contributed by atoms with E-state index in [0.717, 1.165) is 4.31 Å². The van der Waals surface area contributed by atoms with Crippen molar-refractivity contribution in [3.05, 3.63) is 24.3 Å². The topological polar surface area (TPSA) is 104 Å². The molecule has 1 aliphatic rings. The van der Waals surface area contributed by atoms with Crippen molar-refractivity contribution in [2.45, 2.75) is 15.9 Å². The summed E-state index contributed by atoms with van der Waals surface area (Å²) < 4.78 is 50.4. The minimum absolute atomic E-state index is 0.00223. The molecule has 0 aliphatic carbocycles. The van der Waals surface area contributed by atoms with Gasteiger partial charge in [0, 0.05) is 13.1 Å². The summed E-state index contributed by atoms with van der Waals surface area (Å²) >= 11 is 0. The lowest BCUT2D eigenvalue weighted by molar-refractivity contribution is 0.0548. The Bertz CT molecular complexity index is 660. The van der Waals surface area contributed by atoms with E-state index in [1.807, 2.05) is 0 Å². The Balaban J connectivity index is 2.29. The summed E-state index contributed by atoms with van der Waals surface area (Å²) in [6, 6.07) is 4.94. The average molecular weight is 306 g/mol. The first-order valence-electron chi connectivity index (χ1n) is 5.49. The first-order valence-corrected chi connectivity index (χ1v) is 8.41. The molecular formula is C10H14N2O5S2. The lowest BCUT2D eigenvalue weighted by atomic mass is 10.2. The number of aliphatic hydroxyl groups is 1. The van der Waals surface area contributed by atoms with Crippen LogP contribution in [-0.2, 0) is 20.0 Å². The Morgan fingerprint density at radius 3 is 2.00 bits per heavy atom. The van der Waals surface area contributed by atoms with Crippen LogP contribution in [0.25, 0.3) is 0 Å². The van der Waals surface area contributed by atoms with E-state index in [9.17, 15) is 16.8 Å². The van der Waals surface area contributed by atoms with E-state index in [-0.39, 0.29) is 22.9 Å². The van der Waals surface area contributed by atoms with Gasteiger partial charge in [0.05, 0.1) is 15.9 Å². The standard InChI is InChI=1S/C10H14N2O5S2/c1-11-18(14,15)9-2-4-10(5-3-9)19(16,17)12-6-8(13)7-12/h2-5,8,11,13H,6-7H2,1H3. The zero-order valence-corrected chi connectivity index (χ0v) is 11.8. The van der Waals surface area contributed by atoms with E-state index >= 15 is 0 Å². The number of hydrogen-bond donors (Lipinski definition) is 2. The Labute approximate surface area is 112 Å². The number of rotatable bonds is 4. The maximum atomic E-state index is 12.0. The fraction of sp³-hybridized carbons (Fsp3) is 0.400. The van der Waals surface area contributed by atoms with Crippen LogP contribution >= 0.6 is 0 Å². The molecule has 2 rings (SSSR count). The summed E-state index contributed by atoms with van der Waals surface area (Å²) in [7, 11) is -5.95. The Morgan fingerprint density at radius 1 is 1.11 bits per heavy atom. The molecular weight excluding hydrogens is 292 g/mol. The summed E-state index contributed by atoms with van der Waals surface area (Å²) in [6.45, 7) is 0.137. The predicted octanol–water partition coefficient (Wildman–Crippen LogP) is -1.04. The Morgan fingerprint density at radius 2 is 1.58 bits per heavy atom. The lowest BCUT2D eigenvalue weighted by Gasteiger charge is -2.34. The second-order valence-corrected chi connectivity index (χ2v) is 7.98. The van der Waals surface area contributed by atoms with Crippen LogP contribution < -0.4 is 4.72 Å². The monoisotopic (exact) mass is 306 g/mol. The number of sulfonamides is 2. The molecule has 0 saturated carbocycles. The fourth-order valence-electron chi connectivity index (χ4n) is 1.67. The van der Waals surface area contributed by atoms with Crippen molar-refractivity contribution in [3.63, 3.8) is 0 Å². The summed E-state index contributed by atoms with van der Waals surface area (Å²) in [5.74, 6) is 0. The van der Waals surface area contributed by atoms with Gasteiger partial charge in [-0.05, 0) is 31.3 Å². The van der Waals surface area contributed by atoms with Crippen molar-refractivity contribution in [2.24, 2.45) is 0 Å². The summed E-state index contributed by atoms with van der Waals surface area (Å²) in [4.78, 5) is 0.00653. The van der Waals surface area contributed by atoms with Crippen LogP contribution in [0.3, 0.4) is 0 Å². The van der Waals surface area contributed by atoms with Gasteiger partial charge in [-0.2, -0.15) is 4.31 Å². The molecule has 1 aromatic rings. The van der Waals surface area contributed by atoms with Crippen molar-refractivity contribution in [1.82, 2.24) is 9.03 Å². The average Bonchev–Trinajstić information content (AvgIpc) is 2.35. The molecule has 0 spiro atoms. The van der Waals surface area contributed by atoms with Gasteiger partial charge in [-0.3, -0.25) is 0 Å². The predicted molar refractivity (Wildman–Crippen MR) is 67.5 cm³/mol. The van der Waals surface area contributed by atoms with Crippen molar-refractivity contribution >= 4 is 20.0 Å². The number of nitrogens with zero attached hydrogens (tertiary/aromatic N) is 1. The van der Waals surface area contributed by atoms with Crippen LogP contribution in [0.1, 0.15) is 0 Å². The summed E-state index contributed by atoms with van der Waals surface area (Å²) in [5, 5.41) is 9.12. The van der Waals surface area contributed by atoms with Crippen molar-refractivity contribution in [3.8, 4) is 0 Å². The molecule has 106 valence electrons. The highest BCUT2D eigenvalue weighted by atomic mass is 32.2. The van der Waals surface area contributed by atoms with Gasteiger partial charge in [-0.15, -0.1) is 0 Å². The number of nitrogens with one attached hydrogen (secondary N) is 1. The van der Waals surface area contributed by atoms with Crippen LogP contribution in [0.5, 0.6) is 0 Å². The first kappa shape index (κ1) is 14.4. The quantitative estimate of drug-likeness (QED) is 0.739. The van der Waals surface area contributed by atoms with Crippen molar-refractivity contribution in [1.29, 1.82) is 0 Å². The number of aliphatic hydroxyl groups excluding tert-OH is 1. The van der Waals surface area contributed by atoms with Crippen LogP contribution in [-0.4, -0.2) is 52.5 Å². The van der Waals surface area contributed by atoms with Gasteiger partial charge >= 0.3 is 0 Å². The van der Waals surface area contributed by atoms with E-state index in [0.29, 0.717) is 0 Å². The molecule has 7 nitrogen and oxygen atoms in total. The zero-order valence-electron chi connectivity index (χ0n) is 10.1. The normalized spacial score (nSPS) is 18.2. The van der Waals surface area contributed by atoms with E-state index in [1.165, 1.54) is 31.3 Å². The third-order valence-corrected chi connectivity index (χ3v) is 6.15. The third kappa shape index (κ3) is 2.65. The second kappa shape index (κ2) is 4.84. The molecule has 19 heavy (non-hydrogen) atoms. The molecule has 1 heterocycles. The van der Waals surface area contributed by atoms with Gasteiger partial charge in [0.2, 0.25) is 20.0 Å². The Hall–Kier alpha value is -1.00. The van der Waals surface area contributed by atoms with E-state index in [1.54, 1.807) is 0 Å². The minimum Gasteiger partial charge on any atom is -0.390 e. The Kier molecular flexibility index (Phi) is 3.67. The van der Waals surface area contributed by atoms with Crippen LogP contribution in [0.15, 0.2) is 34.1 Å². The molecule has 1 saturated heterocycles. The van der Waals surface area contributed by atoms with Crippen LogP contribution in [0.2, 0.25) is 0 Å².